The van der Waals surface area contributed by atoms with Crippen molar-refractivity contribution in [3.05, 3.63) is 29.3 Å². The highest BCUT2D eigenvalue weighted by Gasteiger charge is 2.36. The summed E-state index contributed by atoms with van der Waals surface area (Å²) in [5, 5.41) is 11.9. The number of sulfonamides is 1. The molecule has 0 aliphatic carbocycles. The van der Waals surface area contributed by atoms with Gasteiger partial charge in [-0.15, -0.1) is 0 Å². The minimum absolute atomic E-state index is 0.258. The van der Waals surface area contributed by atoms with Crippen LogP contribution in [0.25, 0.3) is 0 Å². The number of rotatable bonds is 3. The molecule has 0 radical (unpaired) electrons. The Morgan fingerprint density at radius 1 is 1.30 bits per heavy atom. The van der Waals surface area contributed by atoms with E-state index < -0.39 is 32.2 Å². The fourth-order valence-electron chi connectivity index (χ4n) is 2.55. The second-order valence-corrected chi connectivity index (χ2v) is 7.32. The number of nitrogens with zero attached hydrogens (tertiary/aromatic N) is 2. The van der Waals surface area contributed by atoms with Crippen LogP contribution in [-0.4, -0.2) is 38.9 Å². The van der Waals surface area contributed by atoms with Gasteiger partial charge in [0.25, 0.3) is 0 Å². The van der Waals surface area contributed by atoms with Crippen molar-refractivity contribution in [1.29, 1.82) is 5.26 Å². The number of piperidine rings is 1. The number of hydrogen-bond acceptors (Lipinski definition) is 4. The van der Waals surface area contributed by atoms with Crippen molar-refractivity contribution in [3.63, 3.8) is 0 Å². The molecule has 1 fully saturated rings. The van der Waals surface area contributed by atoms with Gasteiger partial charge in [0.15, 0.2) is 0 Å². The molecule has 1 aromatic rings. The third kappa shape index (κ3) is 3.65. The van der Waals surface area contributed by atoms with E-state index in [1.54, 1.807) is 0 Å². The summed E-state index contributed by atoms with van der Waals surface area (Å²) in [7, 11) is -2.68. The first-order valence-electron chi connectivity index (χ1n) is 6.98. The molecule has 0 atom stereocenters. The molecule has 0 unspecified atom stereocenters. The summed E-state index contributed by atoms with van der Waals surface area (Å²) in [6.45, 7) is 1.32. The minimum atomic E-state index is -4.79. The van der Waals surface area contributed by atoms with Gasteiger partial charge in [-0.05, 0) is 44.1 Å². The van der Waals surface area contributed by atoms with E-state index in [-0.39, 0.29) is 6.04 Å². The van der Waals surface area contributed by atoms with Gasteiger partial charge in [0.05, 0.1) is 22.1 Å². The molecule has 1 N–H and O–H groups in total. The maximum absolute atomic E-state index is 13.0. The summed E-state index contributed by atoms with van der Waals surface area (Å²) < 4.78 is 65.2. The Morgan fingerprint density at radius 3 is 2.43 bits per heavy atom. The van der Waals surface area contributed by atoms with Gasteiger partial charge in [0, 0.05) is 13.1 Å². The molecule has 0 spiro atoms. The Labute approximate surface area is 132 Å². The van der Waals surface area contributed by atoms with Gasteiger partial charge in [0.1, 0.15) is 0 Å². The molecule has 1 aliphatic rings. The summed E-state index contributed by atoms with van der Waals surface area (Å²) in [5.74, 6) is 0. The monoisotopic (exact) mass is 347 g/mol. The molecule has 1 aliphatic heterocycles. The second-order valence-electron chi connectivity index (χ2n) is 5.32. The van der Waals surface area contributed by atoms with Crippen LogP contribution < -0.4 is 5.32 Å². The number of halogens is 3. The van der Waals surface area contributed by atoms with Crippen LogP contribution in [-0.2, 0) is 16.2 Å². The highest BCUT2D eigenvalue weighted by atomic mass is 32.2. The third-order valence-electron chi connectivity index (χ3n) is 3.92. The zero-order valence-corrected chi connectivity index (χ0v) is 13.2. The van der Waals surface area contributed by atoms with Crippen molar-refractivity contribution in [2.45, 2.75) is 30.0 Å². The lowest BCUT2D eigenvalue weighted by Crippen LogP contribution is -2.43. The molecule has 0 bridgehead atoms. The smallest absolute Gasteiger partial charge is 0.317 e. The van der Waals surface area contributed by atoms with E-state index >= 15 is 0 Å². The summed E-state index contributed by atoms with van der Waals surface area (Å²) in [6.07, 6.45) is -3.60. The van der Waals surface area contributed by atoms with Gasteiger partial charge in [-0.3, -0.25) is 0 Å². The molecular weight excluding hydrogens is 331 g/mol. The summed E-state index contributed by atoms with van der Waals surface area (Å²) in [4.78, 5) is -0.454. The highest BCUT2D eigenvalue weighted by Crippen LogP contribution is 2.34. The highest BCUT2D eigenvalue weighted by molar-refractivity contribution is 7.89. The maximum Gasteiger partial charge on any atom is 0.417 e. The average molecular weight is 347 g/mol. The van der Waals surface area contributed by atoms with Crippen molar-refractivity contribution in [2.75, 3.05) is 20.1 Å². The van der Waals surface area contributed by atoms with Crippen molar-refractivity contribution in [1.82, 2.24) is 9.62 Å². The number of nitriles is 1. The van der Waals surface area contributed by atoms with Crippen LogP contribution >= 0.6 is 0 Å². The van der Waals surface area contributed by atoms with Gasteiger partial charge >= 0.3 is 6.18 Å². The van der Waals surface area contributed by atoms with Crippen LogP contribution in [0.3, 0.4) is 0 Å². The lowest BCUT2D eigenvalue weighted by Gasteiger charge is -2.31. The number of benzene rings is 1. The SMILES string of the molecule is CN(C1CCNCC1)S(=O)(=O)c1ccc(C#N)c(C(F)(F)F)c1. The Kier molecular flexibility index (Phi) is 4.98. The Morgan fingerprint density at radius 2 is 1.91 bits per heavy atom. The van der Waals surface area contributed by atoms with Gasteiger partial charge in [-0.1, -0.05) is 0 Å². The molecule has 1 saturated heterocycles. The standard InChI is InChI=1S/C14H16F3N3O2S/c1-20(11-4-6-19-7-5-11)23(21,22)12-3-2-10(9-18)13(8-12)14(15,16)17/h2-3,8,11,19H,4-7H2,1H3. The molecule has 9 heteroatoms. The van der Waals surface area contributed by atoms with E-state index in [4.69, 9.17) is 5.26 Å². The normalized spacial score (nSPS) is 17.2. The van der Waals surface area contributed by atoms with Crippen LogP contribution in [0.5, 0.6) is 0 Å². The molecular formula is C14H16F3N3O2S. The largest absolute Gasteiger partial charge is 0.417 e. The predicted octanol–water partition coefficient (Wildman–Crippen LogP) is 1.95. The molecule has 1 aromatic carbocycles. The predicted molar refractivity (Wildman–Crippen MR) is 77.0 cm³/mol. The molecule has 0 saturated carbocycles. The molecule has 1 heterocycles. The molecule has 0 amide bonds. The van der Waals surface area contributed by atoms with Crippen molar-refractivity contribution >= 4 is 10.0 Å². The van der Waals surface area contributed by atoms with E-state index in [0.717, 1.165) is 16.4 Å². The van der Waals surface area contributed by atoms with Gasteiger partial charge in [-0.25, -0.2) is 8.42 Å². The zero-order chi connectivity index (χ0) is 17.3. The van der Waals surface area contributed by atoms with Crippen LogP contribution in [0.15, 0.2) is 23.1 Å². The van der Waals surface area contributed by atoms with Crippen LogP contribution in [0.1, 0.15) is 24.0 Å². The van der Waals surface area contributed by atoms with E-state index in [1.165, 1.54) is 13.1 Å². The maximum atomic E-state index is 13.0. The van der Waals surface area contributed by atoms with E-state index in [2.05, 4.69) is 5.32 Å². The lowest BCUT2D eigenvalue weighted by atomic mass is 10.1. The van der Waals surface area contributed by atoms with E-state index in [1.807, 2.05) is 0 Å². The van der Waals surface area contributed by atoms with Gasteiger partial charge in [0.2, 0.25) is 10.0 Å². The molecule has 126 valence electrons. The van der Waals surface area contributed by atoms with Crippen LogP contribution in [0.2, 0.25) is 0 Å². The van der Waals surface area contributed by atoms with Crippen molar-refractivity contribution < 1.29 is 21.6 Å². The Hall–Kier alpha value is -1.63. The van der Waals surface area contributed by atoms with Crippen molar-refractivity contribution in [2.24, 2.45) is 0 Å². The number of hydrogen-bond donors (Lipinski definition) is 1. The van der Waals surface area contributed by atoms with Crippen molar-refractivity contribution in [3.8, 4) is 6.07 Å². The molecule has 5 nitrogen and oxygen atoms in total. The van der Waals surface area contributed by atoms with Gasteiger partial charge < -0.3 is 5.32 Å². The van der Waals surface area contributed by atoms with E-state index in [0.29, 0.717) is 32.0 Å². The number of alkyl halides is 3. The lowest BCUT2D eigenvalue weighted by molar-refractivity contribution is -0.137. The number of nitrogens with one attached hydrogen (secondary N) is 1. The molecule has 2 rings (SSSR count). The second kappa shape index (κ2) is 6.47. The minimum Gasteiger partial charge on any atom is -0.317 e. The van der Waals surface area contributed by atoms with E-state index in [9.17, 15) is 21.6 Å². The summed E-state index contributed by atoms with van der Waals surface area (Å²) in [6, 6.07) is 3.65. The fourth-order valence-corrected chi connectivity index (χ4v) is 3.99. The quantitative estimate of drug-likeness (QED) is 0.907. The first kappa shape index (κ1) is 17.7. The third-order valence-corrected chi connectivity index (χ3v) is 5.82. The topological polar surface area (TPSA) is 73.2 Å². The molecule has 23 heavy (non-hydrogen) atoms. The Bertz CT molecular complexity index is 720. The fraction of sp³-hybridized carbons (Fsp3) is 0.500. The summed E-state index contributed by atoms with van der Waals surface area (Å²) in [5.41, 5.74) is -1.83. The van der Waals surface area contributed by atoms with Gasteiger partial charge in [-0.2, -0.15) is 22.7 Å². The van der Waals surface area contributed by atoms with Crippen LogP contribution in [0, 0.1) is 11.3 Å². The first-order chi connectivity index (χ1) is 10.7. The first-order valence-corrected chi connectivity index (χ1v) is 8.42. The summed E-state index contributed by atoms with van der Waals surface area (Å²) >= 11 is 0. The van der Waals surface area contributed by atoms with Crippen LogP contribution in [0.4, 0.5) is 13.2 Å². The average Bonchev–Trinajstić information content (AvgIpc) is 2.53. The molecule has 0 aromatic heterocycles. The zero-order valence-electron chi connectivity index (χ0n) is 12.4. The Balaban J connectivity index is 2.42.